The number of nitrogens with zero attached hydrogens (tertiary/aromatic N) is 2. The highest BCUT2D eigenvalue weighted by Gasteiger charge is 2.26. The summed E-state index contributed by atoms with van der Waals surface area (Å²) in [6.45, 7) is 2.39. The lowest BCUT2D eigenvalue weighted by molar-refractivity contribution is 0.0923. The molecule has 0 saturated heterocycles. The molecule has 0 fully saturated rings. The number of carbonyl (C=O) groups is 1. The van der Waals surface area contributed by atoms with E-state index in [0.717, 1.165) is 28.9 Å². The minimum absolute atomic E-state index is 0.167. The fourth-order valence-corrected chi connectivity index (χ4v) is 3.88. The SMILES string of the molecule is CC(O)CNC(=O)c1cccc2c1CCN2c1cc(Cc2cc(F)c(F)c(F)c2)ccn1. The van der Waals surface area contributed by atoms with Gasteiger partial charge in [0, 0.05) is 30.5 Å². The topological polar surface area (TPSA) is 65.5 Å². The summed E-state index contributed by atoms with van der Waals surface area (Å²) in [5.74, 6) is -3.52. The van der Waals surface area contributed by atoms with E-state index in [9.17, 15) is 23.1 Å². The number of aromatic nitrogens is 1. The van der Waals surface area contributed by atoms with Crippen LogP contribution in [-0.4, -0.2) is 35.2 Å². The summed E-state index contributed by atoms with van der Waals surface area (Å²) in [6.07, 6.45) is 1.83. The maximum absolute atomic E-state index is 13.6. The van der Waals surface area contributed by atoms with Crippen LogP contribution in [0.4, 0.5) is 24.7 Å². The molecule has 0 aliphatic carbocycles. The van der Waals surface area contributed by atoms with E-state index in [2.05, 4.69) is 10.3 Å². The van der Waals surface area contributed by atoms with Gasteiger partial charge in [-0.25, -0.2) is 18.2 Å². The van der Waals surface area contributed by atoms with Gasteiger partial charge in [0.2, 0.25) is 0 Å². The fourth-order valence-electron chi connectivity index (χ4n) is 3.88. The van der Waals surface area contributed by atoms with Crippen LogP contribution in [-0.2, 0) is 12.8 Å². The van der Waals surface area contributed by atoms with Crippen molar-refractivity contribution in [3.63, 3.8) is 0 Å². The molecule has 2 heterocycles. The smallest absolute Gasteiger partial charge is 0.251 e. The van der Waals surface area contributed by atoms with Gasteiger partial charge >= 0.3 is 0 Å². The average Bonchev–Trinajstić information content (AvgIpc) is 3.20. The number of halogens is 3. The van der Waals surface area contributed by atoms with Crippen LogP contribution in [0.1, 0.15) is 34.0 Å². The first-order chi connectivity index (χ1) is 15.3. The van der Waals surface area contributed by atoms with Crippen molar-refractivity contribution < 1.29 is 23.1 Å². The first-order valence-electron chi connectivity index (χ1n) is 10.3. The van der Waals surface area contributed by atoms with Gasteiger partial charge in [-0.3, -0.25) is 4.79 Å². The van der Waals surface area contributed by atoms with Crippen LogP contribution in [0.25, 0.3) is 0 Å². The van der Waals surface area contributed by atoms with Crippen LogP contribution < -0.4 is 10.2 Å². The summed E-state index contributed by atoms with van der Waals surface area (Å²) in [4.78, 5) is 19.0. The molecule has 2 N–H and O–H groups in total. The molecule has 0 saturated carbocycles. The van der Waals surface area contributed by atoms with Gasteiger partial charge in [0.25, 0.3) is 5.91 Å². The van der Waals surface area contributed by atoms with Gasteiger partial charge in [-0.1, -0.05) is 6.07 Å². The van der Waals surface area contributed by atoms with Gasteiger partial charge < -0.3 is 15.3 Å². The van der Waals surface area contributed by atoms with Crippen molar-refractivity contribution in [1.29, 1.82) is 0 Å². The Hall–Kier alpha value is -3.39. The monoisotopic (exact) mass is 441 g/mol. The van der Waals surface area contributed by atoms with Crippen molar-refractivity contribution in [3.8, 4) is 0 Å². The van der Waals surface area contributed by atoms with E-state index in [1.165, 1.54) is 0 Å². The second-order valence-corrected chi connectivity index (χ2v) is 7.84. The number of pyridine rings is 1. The number of carbonyl (C=O) groups excluding carboxylic acids is 1. The van der Waals surface area contributed by atoms with Crippen molar-refractivity contribution in [2.75, 3.05) is 18.0 Å². The highest BCUT2D eigenvalue weighted by Crippen LogP contribution is 2.36. The van der Waals surface area contributed by atoms with Crippen molar-refractivity contribution in [3.05, 3.63) is 88.4 Å². The van der Waals surface area contributed by atoms with Gasteiger partial charge in [0.15, 0.2) is 17.5 Å². The number of amides is 1. The number of hydrogen-bond donors (Lipinski definition) is 2. The number of anilines is 2. The normalized spacial score (nSPS) is 13.7. The first-order valence-corrected chi connectivity index (χ1v) is 10.3. The van der Waals surface area contributed by atoms with Crippen LogP contribution in [0, 0.1) is 17.5 Å². The lowest BCUT2D eigenvalue weighted by atomic mass is 10.0. The second kappa shape index (κ2) is 9.00. The molecule has 1 atom stereocenters. The number of rotatable bonds is 6. The summed E-state index contributed by atoms with van der Waals surface area (Å²) in [5.41, 5.74) is 3.39. The number of aliphatic hydroxyl groups excluding tert-OH is 1. The Morgan fingerprint density at radius 2 is 1.91 bits per heavy atom. The van der Waals surface area contributed by atoms with E-state index in [-0.39, 0.29) is 18.9 Å². The van der Waals surface area contributed by atoms with Gasteiger partial charge in [0.05, 0.1) is 6.10 Å². The number of hydrogen-bond acceptors (Lipinski definition) is 4. The predicted molar refractivity (Wildman–Crippen MR) is 115 cm³/mol. The van der Waals surface area contributed by atoms with Gasteiger partial charge in [-0.2, -0.15) is 0 Å². The van der Waals surface area contributed by atoms with Crippen LogP contribution in [0.3, 0.4) is 0 Å². The summed E-state index contributed by atoms with van der Waals surface area (Å²) in [6, 6.07) is 11.0. The third-order valence-electron chi connectivity index (χ3n) is 5.37. The summed E-state index contributed by atoms with van der Waals surface area (Å²) in [5, 5.41) is 12.1. The van der Waals surface area contributed by atoms with Crippen LogP contribution in [0.2, 0.25) is 0 Å². The van der Waals surface area contributed by atoms with E-state index >= 15 is 0 Å². The summed E-state index contributed by atoms with van der Waals surface area (Å²) < 4.78 is 40.3. The van der Waals surface area contributed by atoms with E-state index in [4.69, 9.17) is 0 Å². The molecule has 0 radical (unpaired) electrons. The molecular formula is C24H22F3N3O2. The van der Waals surface area contributed by atoms with E-state index in [1.54, 1.807) is 31.3 Å². The Morgan fingerprint density at radius 1 is 1.16 bits per heavy atom. The van der Waals surface area contributed by atoms with Crippen molar-refractivity contribution in [2.45, 2.75) is 25.9 Å². The third kappa shape index (κ3) is 4.45. The average molecular weight is 441 g/mol. The number of nitrogens with one attached hydrogen (secondary N) is 1. The molecule has 3 aromatic rings. The van der Waals surface area contributed by atoms with E-state index in [0.29, 0.717) is 29.9 Å². The first kappa shape index (κ1) is 21.8. The molecule has 4 rings (SSSR count). The Kier molecular flexibility index (Phi) is 6.14. The zero-order valence-corrected chi connectivity index (χ0v) is 17.4. The van der Waals surface area contributed by atoms with Crippen molar-refractivity contribution in [1.82, 2.24) is 10.3 Å². The minimum Gasteiger partial charge on any atom is -0.392 e. The standard InChI is InChI=1S/C24H22F3N3O2/c1-14(31)13-29-24(32)18-3-2-4-21-17(18)6-8-30(21)22-12-15(5-7-28-22)9-16-10-19(25)23(27)20(26)11-16/h2-5,7,10-12,14,31H,6,8-9,13H2,1H3,(H,29,32). The van der Waals surface area contributed by atoms with Crippen LogP contribution >= 0.6 is 0 Å². The molecule has 32 heavy (non-hydrogen) atoms. The molecule has 0 spiro atoms. The number of aliphatic hydroxyl groups is 1. The van der Waals surface area contributed by atoms with Crippen molar-refractivity contribution in [2.24, 2.45) is 0 Å². The Bertz CT molecular complexity index is 1140. The molecule has 1 aliphatic rings. The lowest BCUT2D eigenvalue weighted by Crippen LogP contribution is -2.31. The molecule has 0 bridgehead atoms. The zero-order chi connectivity index (χ0) is 22.8. The lowest BCUT2D eigenvalue weighted by Gasteiger charge is -2.19. The fraction of sp³-hybridized carbons (Fsp3) is 0.250. The third-order valence-corrected chi connectivity index (χ3v) is 5.37. The Morgan fingerprint density at radius 3 is 2.62 bits per heavy atom. The molecule has 5 nitrogen and oxygen atoms in total. The Labute approximate surface area is 183 Å². The maximum atomic E-state index is 13.6. The van der Waals surface area contributed by atoms with Crippen LogP contribution in [0.15, 0.2) is 48.7 Å². The largest absolute Gasteiger partial charge is 0.392 e. The molecule has 166 valence electrons. The van der Waals surface area contributed by atoms with Crippen LogP contribution in [0.5, 0.6) is 0 Å². The van der Waals surface area contributed by atoms with Gasteiger partial charge in [0.1, 0.15) is 5.82 Å². The van der Waals surface area contributed by atoms with E-state index in [1.807, 2.05) is 17.0 Å². The predicted octanol–water partition coefficient (Wildman–Crippen LogP) is 3.89. The quantitative estimate of drug-likeness (QED) is 0.570. The Balaban J connectivity index is 1.58. The molecule has 1 amide bonds. The minimum atomic E-state index is -1.48. The molecule has 8 heteroatoms. The molecule has 1 aromatic heterocycles. The van der Waals surface area contributed by atoms with Crippen molar-refractivity contribution >= 4 is 17.4 Å². The van der Waals surface area contributed by atoms with Gasteiger partial charge in [-0.05, 0) is 72.9 Å². The molecule has 1 unspecified atom stereocenters. The number of fused-ring (bicyclic) bond motifs is 1. The molecule has 2 aromatic carbocycles. The summed E-state index contributed by atoms with van der Waals surface area (Å²) in [7, 11) is 0. The summed E-state index contributed by atoms with van der Waals surface area (Å²) >= 11 is 0. The molecule has 1 aliphatic heterocycles. The molecular weight excluding hydrogens is 419 g/mol. The zero-order valence-electron chi connectivity index (χ0n) is 17.4. The maximum Gasteiger partial charge on any atom is 0.251 e. The van der Waals surface area contributed by atoms with E-state index < -0.39 is 23.6 Å². The second-order valence-electron chi connectivity index (χ2n) is 7.84. The highest BCUT2D eigenvalue weighted by molar-refractivity contribution is 5.98. The van der Waals surface area contributed by atoms with Gasteiger partial charge in [-0.15, -0.1) is 0 Å². The highest BCUT2D eigenvalue weighted by atomic mass is 19.2. The number of benzene rings is 2.